The van der Waals surface area contributed by atoms with E-state index in [0.717, 1.165) is 24.8 Å². The third-order valence-corrected chi connectivity index (χ3v) is 6.09. The van der Waals surface area contributed by atoms with Gasteiger partial charge in [-0.05, 0) is 37.0 Å². The minimum Gasteiger partial charge on any atom is -0.377 e. The average Bonchev–Trinajstić information content (AvgIpc) is 2.65. The molecule has 1 aliphatic rings. The molecule has 1 heterocycles. The Hall–Kier alpha value is -1.06. The van der Waals surface area contributed by atoms with Gasteiger partial charge in [0, 0.05) is 43.3 Å². The van der Waals surface area contributed by atoms with Crippen LogP contribution in [0, 0.1) is 0 Å². The highest BCUT2D eigenvalue weighted by atomic mass is 35.5. The number of hydrogen-bond donors (Lipinski definition) is 3. The maximum absolute atomic E-state index is 12.1. The lowest BCUT2D eigenvalue weighted by Crippen LogP contribution is -2.42. The molecule has 0 aromatic heterocycles. The molecule has 1 aromatic rings. The van der Waals surface area contributed by atoms with Crippen LogP contribution in [-0.2, 0) is 21.3 Å². The van der Waals surface area contributed by atoms with Gasteiger partial charge < -0.3 is 15.4 Å². The summed E-state index contributed by atoms with van der Waals surface area (Å²) < 4.78 is 32.3. The predicted molar refractivity (Wildman–Crippen MR) is 110 cm³/mol. The maximum Gasteiger partial charge on any atom is 0.213 e. The number of guanidine groups is 1. The number of sulfonamides is 1. The van der Waals surface area contributed by atoms with Crippen molar-refractivity contribution < 1.29 is 13.2 Å². The third-order valence-electron chi connectivity index (χ3n) is 4.15. The van der Waals surface area contributed by atoms with Crippen molar-refractivity contribution in [2.24, 2.45) is 4.99 Å². The van der Waals surface area contributed by atoms with Crippen LogP contribution < -0.4 is 15.4 Å². The number of hydrogen-bond acceptors (Lipinski definition) is 4. The van der Waals surface area contributed by atoms with Crippen molar-refractivity contribution in [3.8, 4) is 0 Å². The van der Waals surface area contributed by atoms with E-state index in [9.17, 15) is 8.42 Å². The molecule has 1 aromatic carbocycles. The third kappa shape index (κ3) is 8.23. The summed E-state index contributed by atoms with van der Waals surface area (Å²) in [7, 11) is -1.76. The number of halogens is 2. The van der Waals surface area contributed by atoms with E-state index in [-0.39, 0.29) is 18.4 Å². The lowest BCUT2D eigenvalue weighted by Gasteiger charge is -2.22. The van der Waals surface area contributed by atoms with Gasteiger partial charge in [-0.1, -0.05) is 29.3 Å². The van der Waals surface area contributed by atoms with E-state index in [4.69, 9.17) is 27.9 Å². The zero-order valence-electron chi connectivity index (χ0n) is 15.3. The summed E-state index contributed by atoms with van der Waals surface area (Å²) in [6.45, 7) is 1.70. The minimum absolute atomic E-state index is 0.0277. The Morgan fingerprint density at radius 3 is 2.78 bits per heavy atom. The van der Waals surface area contributed by atoms with Crippen LogP contribution >= 0.6 is 23.2 Å². The fourth-order valence-corrected chi connectivity index (χ4v) is 4.06. The first kappa shape index (κ1) is 22.2. The fourth-order valence-electron chi connectivity index (χ4n) is 2.63. The Morgan fingerprint density at radius 1 is 1.30 bits per heavy atom. The number of benzene rings is 1. The van der Waals surface area contributed by atoms with Gasteiger partial charge in [-0.15, -0.1) is 0 Å². The zero-order valence-corrected chi connectivity index (χ0v) is 17.6. The second kappa shape index (κ2) is 11.1. The molecule has 2 rings (SSSR count). The van der Waals surface area contributed by atoms with E-state index < -0.39 is 10.0 Å². The highest BCUT2D eigenvalue weighted by Crippen LogP contribution is 2.20. The molecule has 0 radical (unpaired) electrons. The summed E-state index contributed by atoms with van der Waals surface area (Å²) >= 11 is 12.0. The molecule has 1 fully saturated rings. The molecule has 7 nitrogen and oxygen atoms in total. The predicted octanol–water partition coefficient (Wildman–Crippen LogP) is 2.15. The van der Waals surface area contributed by atoms with Gasteiger partial charge in [-0.3, -0.25) is 4.99 Å². The molecule has 1 unspecified atom stereocenters. The molecular formula is C17H26Cl2N4O3S. The number of nitrogens with one attached hydrogen (secondary N) is 3. The van der Waals surface area contributed by atoms with Gasteiger partial charge in [-0.25, -0.2) is 13.1 Å². The van der Waals surface area contributed by atoms with Gasteiger partial charge >= 0.3 is 0 Å². The quantitative estimate of drug-likeness (QED) is 0.428. The topological polar surface area (TPSA) is 91.8 Å². The number of nitrogens with zero attached hydrogens (tertiary/aromatic N) is 1. The van der Waals surface area contributed by atoms with E-state index in [2.05, 4.69) is 20.3 Å². The van der Waals surface area contributed by atoms with Crippen LogP contribution in [-0.4, -0.2) is 53.0 Å². The Kier molecular flexibility index (Phi) is 9.11. The van der Waals surface area contributed by atoms with Crippen molar-refractivity contribution in [2.75, 3.05) is 32.5 Å². The summed E-state index contributed by atoms with van der Waals surface area (Å²) in [5.41, 5.74) is 0.866. The van der Waals surface area contributed by atoms with Gasteiger partial charge in [0.1, 0.15) is 0 Å². The van der Waals surface area contributed by atoms with Crippen LogP contribution in [0.1, 0.15) is 24.8 Å². The van der Waals surface area contributed by atoms with Crippen molar-refractivity contribution in [2.45, 2.75) is 31.9 Å². The van der Waals surface area contributed by atoms with Gasteiger partial charge in [0.25, 0.3) is 0 Å². The highest BCUT2D eigenvalue weighted by Gasteiger charge is 2.17. The minimum atomic E-state index is -3.37. The Bertz CT molecular complexity index is 738. The van der Waals surface area contributed by atoms with Crippen LogP contribution in [0.4, 0.5) is 0 Å². The molecule has 0 aliphatic carbocycles. The SMILES string of the molecule is CN=C(NCCS(=O)(=O)NCC1CCCCO1)NCc1ccc(Cl)cc1Cl. The standard InChI is InChI=1S/C17H26Cl2N4O3S/c1-20-17(22-11-13-5-6-14(18)10-16(13)19)21-7-9-27(24,25)23-12-15-4-2-3-8-26-15/h5-6,10,15,23H,2-4,7-9,11-12H2,1H3,(H2,20,21,22). The van der Waals surface area contributed by atoms with E-state index in [1.165, 1.54) is 0 Å². The summed E-state index contributed by atoms with van der Waals surface area (Å²) in [4.78, 5) is 4.08. The molecule has 152 valence electrons. The molecule has 1 aliphatic heterocycles. The van der Waals surface area contributed by atoms with Crippen LogP contribution in [0.5, 0.6) is 0 Å². The van der Waals surface area contributed by atoms with E-state index >= 15 is 0 Å². The zero-order chi connectivity index (χ0) is 19.7. The molecule has 1 saturated heterocycles. The van der Waals surface area contributed by atoms with Gasteiger partial charge in [-0.2, -0.15) is 0 Å². The second-order valence-electron chi connectivity index (χ2n) is 6.24. The van der Waals surface area contributed by atoms with Gasteiger partial charge in [0.15, 0.2) is 5.96 Å². The molecule has 3 N–H and O–H groups in total. The van der Waals surface area contributed by atoms with Gasteiger partial charge in [0.2, 0.25) is 10.0 Å². The van der Waals surface area contributed by atoms with E-state index in [0.29, 0.717) is 35.7 Å². The first-order chi connectivity index (χ1) is 12.9. The largest absolute Gasteiger partial charge is 0.377 e. The molecule has 1 atom stereocenters. The van der Waals surface area contributed by atoms with Crippen LogP contribution in [0.25, 0.3) is 0 Å². The summed E-state index contributed by atoms with van der Waals surface area (Å²) in [6.07, 6.45) is 2.98. The number of rotatable bonds is 8. The normalized spacial score (nSPS) is 18.3. The van der Waals surface area contributed by atoms with Crippen molar-refractivity contribution in [1.29, 1.82) is 0 Å². The number of aliphatic imine (C=N–C) groups is 1. The van der Waals surface area contributed by atoms with Crippen LogP contribution in [0.3, 0.4) is 0 Å². The Morgan fingerprint density at radius 2 is 2.11 bits per heavy atom. The molecule has 0 spiro atoms. The Balaban J connectivity index is 1.71. The molecule has 0 saturated carbocycles. The monoisotopic (exact) mass is 436 g/mol. The van der Waals surface area contributed by atoms with Crippen molar-refractivity contribution in [3.63, 3.8) is 0 Å². The fraction of sp³-hybridized carbons (Fsp3) is 0.588. The first-order valence-electron chi connectivity index (χ1n) is 8.87. The first-order valence-corrected chi connectivity index (χ1v) is 11.3. The lowest BCUT2D eigenvalue weighted by molar-refractivity contribution is 0.0200. The van der Waals surface area contributed by atoms with Crippen LogP contribution in [0.2, 0.25) is 10.0 Å². The molecular weight excluding hydrogens is 411 g/mol. The van der Waals surface area contributed by atoms with Crippen molar-refractivity contribution in [3.05, 3.63) is 33.8 Å². The van der Waals surface area contributed by atoms with Crippen molar-refractivity contribution in [1.82, 2.24) is 15.4 Å². The molecule has 0 amide bonds. The number of ether oxygens (including phenoxy) is 1. The molecule has 10 heteroatoms. The van der Waals surface area contributed by atoms with Crippen LogP contribution in [0.15, 0.2) is 23.2 Å². The highest BCUT2D eigenvalue weighted by molar-refractivity contribution is 7.89. The van der Waals surface area contributed by atoms with Gasteiger partial charge in [0.05, 0.1) is 11.9 Å². The maximum atomic E-state index is 12.1. The van der Waals surface area contributed by atoms with Crippen molar-refractivity contribution >= 4 is 39.2 Å². The summed E-state index contributed by atoms with van der Waals surface area (Å²) in [5, 5.41) is 7.21. The summed E-state index contributed by atoms with van der Waals surface area (Å²) in [5.74, 6) is 0.439. The van der Waals surface area contributed by atoms with E-state index in [1.54, 1.807) is 19.2 Å². The second-order valence-corrected chi connectivity index (χ2v) is 9.01. The average molecular weight is 437 g/mol. The lowest BCUT2D eigenvalue weighted by atomic mass is 10.1. The summed E-state index contributed by atoms with van der Waals surface area (Å²) in [6, 6.07) is 5.26. The molecule has 0 bridgehead atoms. The smallest absolute Gasteiger partial charge is 0.213 e. The van der Waals surface area contributed by atoms with E-state index in [1.807, 2.05) is 6.07 Å². The Labute approximate surface area is 170 Å². The molecule has 27 heavy (non-hydrogen) atoms.